The Morgan fingerprint density at radius 1 is 0.328 bits per heavy atom. The van der Waals surface area contributed by atoms with Crippen molar-refractivity contribution in [3.63, 3.8) is 0 Å². The molecule has 1 aliphatic rings. The normalized spacial score (nSPS) is 11.9. The molecule has 0 fully saturated rings. The summed E-state index contributed by atoms with van der Waals surface area (Å²) < 4.78 is 1.29. The Morgan fingerprint density at radius 3 is 0.806 bits per heavy atom. The molecule has 2 aromatic rings. The molecule has 0 saturated carbocycles. The van der Waals surface area contributed by atoms with E-state index in [1.54, 1.807) is 0 Å². The summed E-state index contributed by atoms with van der Waals surface area (Å²) in [5, 5.41) is 0. The van der Waals surface area contributed by atoms with E-state index in [0.29, 0.717) is 0 Å². The first kappa shape index (κ1) is 65.0. The number of allylic oxidation sites excluding steroid dienone is 2. The molecule has 0 N–H and O–H groups in total. The fourth-order valence-electron chi connectivity index (χ4n) is 9.16. The number of aryl methyl sites for hydroxylation is 2. The van der Waals surface area contributed by atoms with Crippen molar-refractivity contribution in [1.29, 1.82) is 0 Å². The molecule has 2 aromatic carbocycles. The monoisotopic (exact) mass is 965 g/mol. The molecular weight excluding hydrogens is 855 g/mol. The van der Waals surface area contributed by atoms with Crippen molar-refractivity contribution in [2.75, 3.05) is 0 Å². The molecule has 0 saturated heterocycles. The molecule has 0 spiro atoms. The molecule has 386 valence electrons. The molecule has 2 nitrogen and oxygen atoms in total. The molecule has 3 rings (SSSR count). The van der Waals surface area contributed by atoms with Gasteiger partial charge in [-0.3, -0.25) is 0 Å². The van der Waals surface area contributed by atoms with Gasteiger partial charge in [0.05, 0.1) is 0 Å². The summed E-state index contributed by atoms with van der Waals surface area (Å²) in [4.78, 5) is 0. The quantitative estimate of drug-likeness (QED) is 0.0274. The van der Waals surface area contributed by atoms with Gasteiger partial charge in [0.2, 0.25) is 11.4 Å². The van der Waals surface area contributed by atoms with Crippen LogP contribution in [0.1, 0.15) is 307 Å². The third-order valence-electron chi connectivity index (χ3n) is 13.8. The SMILES string of the molecule is CCCCc1ccc(C2=CC=C(c3ccc(CC)cc3)[N+]2=[N-])cc1.[CH2-]CCCCCCCCCCCCCCCCCCCC.[CH2-]CCCCCCCCCCCCCCCCCCCC.[Ni+2]. The molecule has 0 radical (unpaired) electrons. The number of unbranched alkanes of at least 4 members (excludes halogenated alkanes) is 37. The smallest absolute Gasteiger partial charge is 0.493 e. The van der Waals surface area contributed by atoms with Crippen LogP contribution in [-0.4, -0.2) is 4.70 Å². The Morgan fingerprint density at radius 2 is 0.567 bits per heavy atom. The summed E-state index contributed by atoms with van der Waals surface area (Å²) >= 11 is 0. The number of rotatable bonds is 42. The zero-order valence-corrected chi connectivity index (χ0v) is 46.1. The molecule has 3 heteroatoms. The Hall–Kier alpha value is -1.99. The molecule has 67 heavy (non-hydrogen) atoms. The maximum atomic E-state index is 10.6. The Kier molecular flexibility index (Phi) is 48.9. The largest absolute Gasteiger partial charge is 2.00 e. The van der Waals surface area contributed by atoms with Gasteiger partial charge in [0, 0.05) is 23.3 Å². The first-order valence-electron chi connectivity index (χ1n) is 29.2. The second-order valence-electron chi connectivity index (χ2n) is 20.0. The second-order valence-corrected chi connectivity index (χ2v) is 20.0. The van der Waals surface area contributed by atoms with Gasteiger partial charge < -0.3 is 19.4 Å². The molecule has 0 aromatic heterocycles. The predicted molar refractivity (Wildman–Crippen MR) is 298 cm³/mol. The average molecular weight is 966 g/mol. The summed E-state index contributed by atoms with van der Waals surface area (Å²) in [6.07, 6.45) is 63.1. The van der Waals surface area contributed by atoms with Gasteiger partial charge in [0.1, 0.15) is 0 Å². The first-order valence-corrected chi connectivity index (χ1v) is 29.2. The van der Waals surface area contributed by atoms with Crippen molar-refractivity contribution < 1.29 is 21.2 Å². The van der Waals surface area contributed by atoms with Crippen molar-refractivity contribution in [1.82, 2.24) is 0 Å². The van der Waals surface area contributed by atoms with Crippen LogP contribution >= 0.6 is 0 Å². The number of nitrogens with zero attached hydrogens (tertiary/aromatic N) is 2. The van der Waals surface area contributed by atoms with E-state index in [-0.39, 0.29) is 16.5 Å². The maximum Gasteiger partial charge on any atom is 2.00 e. The van der Waals surface area contributed by atoms with E-state index in [0.717, 1.165) is 48.2 Å². The van der Waals surface area contributed by atoms with Gasteiger partial charge in [-0.05, 0) is 54.7 Å². The third-order valence-corrected chi connectivity index (χ3v) is 13.8. The van der Waals surface area contributed by atoms with Crippen LogP contribution in [0.15, 0.2) is 60.7 Å². The topological polar surface area (TPSA) is 25.3 Å². The molecule has 0 amide bonds. The van der Waals surface area contributed by atoms with Gasteiger partial charge in [0.15, 0.2) is 0 Å². The summed E-state index contributed by atoms with van der Waals surface area (Å²) in [5.74, 6) is 0. The minimum atomic E-state index is 0. The van der Waals surface area contributed by atoms with Crippen molar-refractivity contribution in [3.8, 4) is 0 Å². The van der Waals surface area contributed by atoms with E-state index in [4.69, 9.17) is 0 Å². The van der Waals surface area contributed by atoms with Crippen LogP contribution in [0.4, 0.5) is 0 Å². The van der Waals surface area contributed by atoms with Gasteiger partial charge in [-0.2, -0.15) is 12.8 Å². The Balaban J connectivity index is 0.000000973. The molecule has 0 atom stereocenters. The average Bonchev–Trinajstić information content (AvgIpc) is 3.74. The fraction of sp³-hybridized carbons (Fsp3) is 0.719. The summed E-state index contributed by atoms with van der Waals surface area (Å²) in [7, 11) is 0. The molecule has 1 aliphatic heterocycles. The van der Waals surface area contributed by atoms with Crippen molar-refractivity contribution in [2.45, 2.75) is 297 Å². The van der Waals surface area contributed by atoms with Crippen LogP contribution < -0.4 is 0 Å². The number of benzene rings is 2. The van der Waals surface area contributed by atoms with E-state index in [2.05, 4.69) is 90.1 Å². The Bertz CT molecular complexity index is 1310. The molecule has 1 heterocycles. The third kappa shape index (κ3) is 37.5. The van der Waals surface area contributed by atoms with E-state index in [1.165, 1.54) is 260 Å². The molecule has 0 bridgehead atoms. The maximum absolute atomic E-state index is 10.6. The van der Waals surface area contributed by atoms with Crippen LogP contribution in [-0.2, 0) is 29.3 Å². The fourth-order valence-corrected chi connectivity index (χ4v) is 9.16. The van der Waals surface area contributed by atoms with Gasteiger partial charge >= 0.3 is 16.5 Å². The molecule has 0 aliphatic carbocycles. The predicted octanol–water partition coefficient (Wildman–Crippen LogP) is 22.5. The minimum Gasteiger partial charge on any atom is -0.493 e. The van der Waals surface area contributed by atoms with Crippen LogP contribution in [0.3, 0.4) is 0 Å². The Labute approximate surface area is 430 Å². The van der Waals surface area contributed by atoms with E-state index < -0.39 is 0 Å². The standard InChI is InChI=1S/C22H24N2.2C21H43.Ni/c1-3-5-6-18-9-13-20(14-10-18)22-16-15-21(24(22)23)19-11-7-17(4-2)8-12-19;2*1-3-5-7-9-11-13-15-17-19-21-20-18-16-14-12-10-8-6-4-2;/h7-16H,3-6H2,1-2H3;2*1,3-21H2,2H3;/q;2*-1;+2. The van der Waals surface area contributed by atoms with E-state index in [1.807, 2.05) is 12.2 Å². The van der Waals surface area contributed by atoms with E-state index >= 15 is 0 Å². The second kappa shape index (κ2) is 50.4. The van der Waals surface area contributed by atoms with Crippen molar-refractivity contribution in [3.05, 3.63) is 102 Å². The van der Waals surface area contributed by atoms with Crippen LogP contribution in [0, 0.1) is 13.8 Å². The number of hydrogen-bond acceptors (Lipinski definition) is 0. The van der Waals surface area contributed by atoms with Crippen LogP contribution in [0.2, 0.25) is 0 Å². The van der Waals surface area contributed by atoms with Gasteiger partial charge in [0.25, 0.3) is 0 Å². The van der Waals surface area contributed by atoms with Gasteiger partial charge in [-0.25, -0.2) is 4.70 Å². The molecular formula is C64H110N2Ni. The summed E-state index contributed by atoms with van der Waals surface area (Å²) in [6.45, 7) is 16.7. The van der Waals surface area contributed by atoms with Crippen LogP contribution in [0.5, 0.6) is 0 Å². The van der Waals surface area contributed by atoms with Gasteiger partial charge in [-0.15, -0.1) is 0 Å². The summed E-state index contributed by atoms with van der Waals surface area (Å²) in [5.41, 5.74) is 17.0. The van der Waals surface area contributed by atoms with Crippen molar-refractivity contribution >= 4 is 11.4 Å². The van der Waals surface area contributed by atoms with Crippen molar-refractivity contribution in [2.24, 2.45) is 0 Å². The zero-order chi connectivity index (χ0) is 47.8. The first-order chi connectivity index (χ1) is 32.6. The molecule has 0 unspecified atom stereocenters. The van der Waals surface area contributed by atoms with Crippen LogP contribution in [0.25, 0.3) is 16.9 Å². The van der Waals surface area contributed by atoms with E-state index in [9.17, 15) is 5.53 Å². The zero-order valence-electron chi connectivity index (χ0n) is 45.1. The minimum absolute atomic E-state index is 0. The van der Waals surface area contributed by atoms with Gasteiger partial charge in [-0.1, -0.05) is 290 Å². The summed E-state index contributed by atoms with van der Waals surface area (Å²) in [6, 6.07) is 16.9. The number of hydrogen-bond donors (Lipinski definition) is 0.